The molecule has 1 unspecified atom stereocenters. The highest BCUT2D eigenvalue weighted by molar-refractivity contribution is 6.30. The molecule has 0 saturated carbocycles. The highest BCUT2D eigenvalue weighted by Crippen LogP contribution is 2.21. The second kappa shape index (κ2) is 12.3. The molecule has 186 valence electrons. The van der Waals surface area contributed by atoms with Gasteiger partial charge >= 0.3 is 0 Å². The van der Waals surface area contributed by atoms with E-state index in [1.807, 2.05) is 55.5 Å². The van der Waals surface area contributed by atoms with Crippen LogP contribution in [-0.4, -0.2) is 59.5 Å². The lowest BCUT2D eigenvalue weighted by molar-refractivity contribution is -0.121. The van der Waals surface area contributed by atoms with Crippen LogP contribution in [0.2, 0.25) is 5.02 Å². The summed E-state index contributed by atoms with van der Waals surface area (Å²) in [4.78, 5) is 27.8. The second-order valence-corrected chi connectivity index (χ2v) is 9.35. The van der Waals surface area contributed by atoms with Gasteiger partial charge < -0.3 is 10.1 Å². The molecule has 1 saturated heterocycles. The highest BCUT2D eigenvalue weighted by Gasteiger charge is 2.26. The first-order valence-corrected chi connectivity index (χ1v) is 12.7. The number of halogens is 1. The quantitative estimate of drug-likeness (QED) is 0.410. The third-order valence-electron chi connectivity index (χ3n) is 6.51. The topological polar surface area (TPSA) is 76.5 Å². The fourth-order valence-electron chi connectivity index (χ4n) is 4.69. The van der Waals surface area contributed by atoms with E-state index in [-0.39, 0.29) is 17.5 Å². The van der Waals surface area contributed by atoms with Crippen LogP contribution in [0.3, 0.4) is 0 Å². The van der Waals surface area contributed by atoms with Gasteiger partial charge in [0.25, 0.3) is 5.56 Å². The molecule has 0 radical (unpaired) electrons. The number of ether oxygens (including phenoxy) is 1. The number of carbonyl (C=O) groups excluding carboxylic acids is 1. The van der Waals surface area contributed by atoms with Crippen molar-refractivity contribution in [1.29, 1.82) is 0 Å². The molecule has 0 aliphatic carbocycles. The van der Waals surface area contributed by atoms with Crippen LogP contribution in [0.1, 0.15) is 37.4 Å². The van der Waals surface area contributed by atoms with Gasteiger partial charge in [-0.05, 0) is 50.1 Å². The summed E-state index contributed by atoms with van der Waals surface area (Å²) in [5, 5.41) is 9.99. The van der Waals surface area contributed by atoms with Crippen molar-refractivity contribution in [2.45, 2.75) is 45.2 Å². The van der Waals surface area contributed by atoms with Crippen molar-refractivity contribution in [3.8, 4) is 0 Å². The summed E-state index contributed by atoms with van der Waals surface area (Å²) >= 11 is 6.05. The molecule has 1 amide bonds. The van der Waals surface area contributed by atoms with Gasteiger partial charge in [0.1, 0.15) is 0 Å². The number of aromatic nitrogens is 2. The standard InChI is InChI=1S/C27H33ClN4O3/c1-2-35-17-14-29-26(33)13-16-31-15-5-6-22(31)19-32-27(34)24-8-4-3-7-23(24)25(30-32)18-20-9-11-21(28)12-10-20/h3-4,7-12,22H,2,5-6,13-19H2,1H3,(H,29,33). The molecule has 4 rings (SSSR count). The Bertz CT molecular complexity index is 1200. The molecule has 1 aliphatic heterocycles. The number of rotatable bonds is 11. The Morgan fingerprint density at radius 2 is 1.94 bits per heavy atom. The number of likely N-dealkylation sites (tertiary alicyclic amines) is 1. The molecule has 35 heavy (non-hydrogen) atoms. The molecular formula is C27H33ClN4O3. The van der Waals surface area contributed by atoms with E-state index in [0.29, 0.717) is 56.1 Å². The summed E-state index contributed by atoms with van der Waals surface area (Å²) in [5.74, 6) is 0.0293. The van der Waals surface area contributed by atoms with E-state index < -0.39 is 0 Å². The Balaban J connectivity index is 1.48. The Kier molecular flexibility index (Phi) is 8.90. The van der Waals surface area contributed by atoms with Crippen molar-refractivity contribution in [3.05, 3.63) is 75.2 Å². The van der Waals surface area contributed by atoms with E-state index in [4.69, 9.17) is 21.4 Å². The maximum absolute atomic E-state index is 13.3. The average Bonchev–Trinajstić information content (AvgIpc) is 3.31. The van der Waals surface area contributed by atoms with Crippen LogP contribution in [0.15, 0.2) is 53.3 Å². The van der Waals surface area contributed by atoms with E-state index in [1.54, 1.807) is 4.68 Å². The smallest absolute Gasteiger partial charge is 0.274 e. The van der Waals surface area contributed by atoms with Gasteiger partial charge in [-0.1, -0.05) is 41.9 Å². The summed E-state index contributed by atoms with van der Waals surface area (Å²) in [6, 6.07) is 15.6. The van der Waals surface area contributed by atoms with Gasteiger partial charge in [0.05, 0.1) is 24.2 Å². The van der Waals surface area contributed by atoms with Gasteiger partial charge in [-0.2, -0.15) is 5.10 Å². The molecule has 1 fully saturated rings. The highest BCUT2D eigenvalue weighted by atomic mass is 35.5. The first kappa shape index (κ1) is 25.4. The van der Waals surface area contributed by atoms with Crippen LogP contribution in [0.25, 0.3) is 10.8 Å². The maximum Gasteiger partial charge on any atom is 0.274 e. The van der Waals surface area contributed by atoms with E-state index >= 15 is 0 Å². The van der Waals surface area contributed by atoms with Crippen LogP contribution in [0, 0.1) is 0 Å². The van der Waals surface area contributed by atoms with Crippen molar-refractivity contribution in [2.24, 2.45) is 0 Å². The number of carbonyl (C=O) groups is 1. The van der Waals surface area contributed by atoms with E-state index in [0.717, 1.165) is 36.0 Å². The number of benzene rings is 2. The predicted molar refractivity (Wildman–Crippen MR) is 139 cm³/mol. The molecule has 8 heteroatoms. The second-order valence-electron chi connectivity index (χ2n) is 8.91. The van der Waals surface area contributed by atoms with Crippen molar-refractivity contribution in [2.75, 3.05) is 32.8 Å². The van der Waals surface area contributed by atoms with Crippen molar-refractivity contribution in [1.82, 2.24) is 20.0 Å². The number of nitrogens with one attached hydrogen (secondary N) is 1. The van der Waals surface area contributed by atoms with Crippen LogP contribution < -0.4 is 10.9 Å². The molecule has 3 aromatic rings. The maximum atomic E-state index is 13.3. The number of hydrogen-bond acceptors (Lipinski definition) is 5. The van der Waals surface area contributed by atoms with E-state index in [2.05, 4.69) is 10.2 Å². The van der Waals surface area contributed by atoms with Crippen LogP contribution in [0.5, 0.6) is 0 Å². The molecule has 1 aliphatic rings. The van der Waals surface area contributed by atoms with Gasteiger partial charge in [0.2, 0.25) is 5.91 Å². The van der Waals surface area contributed by atoms with Gasteiger partial charge in [-0.3, -0.25) is 14.5 Å². The first-order valence-electron chi connectivity index (χ1n) is 12.4. The zero-order valence-corrected chi connectivity index (χ0v) is 21.0. The summed E-state index contributed by atoms with van der Waals surface area (Å²) in [6.45, 7) is 5.76. The minimum Gasteiger partial charge on any atom is -0.380 e. The molecule has 2 heterocycles. The van der Waals surface area contributed by atoms with Gasteiger partial charge in [0, 0.05) is 49.0 Å². The molecule has 7 nitrogen and oxygen atoms in total. The zero-order chi connectivity index (χ0) is 24.6. The lowest BCUT2D eigenvalue weighted by atomic mass is 10.0. The number of nitrogens with zero attached hydrogens (tertiary/aromatic N) is 3. The minimum atomic E-state index is -0.0685. The lowest BCUT2D eigenvalue weighted by Crippen LogP contribution is -2.39. The van der Waals surface area contributed by atoms with E-state index in [1.165, 1.54) is 0 Å². The SMILES string of the molecule is CCOCCNC(=O)CCN1CCCC1Cn1nc(Cc2ccc(Cl)cc2)c2ccccc2c1=O. The molecule has 0 spiro atoms. The first-order chi connectivity index (χ1) is 17.0. The Morgan fingerprint density at radius 3 is 2.71 bits per heavy atom. The molecular weight excluding hydrogens is 464 g/mol. The molecule has 1 aromatic heterocycles. The van der Waals surface area contributed by atoms with Crippen molar-refractivity contribution >= 4 is 28.3 Å². The minimum absolute atomic E-state index is 0.0293. The number of fused-ring (bicyclic) bond motifs is 1. The Labute approximate surface area is 211 Å². The summed E-state index contributed by atoms with van der Waals surface area (Å²) in [5.41, 5.74) is 1.90. The zero-order valence-electron chi connectivity index (χ0n) is 20.2. The monoisotopic (exact) mass is 496 g/mol. The van der Waals surface area contributed by atoms with Crippen LogP contribution >= 0.6 is 11.6 Å². The fourth-order valence-corrected chi connectivity index (χ4v) is 4.82. The van der Waals surface area contributed by atoms with E-state index in [9.17, 15) is 9.59 Å². The number of hydrogen-bond donors (Lipinski definition) is 1. The van der Waals surface area contributed by atoms with Gasteiger partial charge in [-0.25, -0.2) is 4.68 Å². The molecule has 2 aromatic carbocycles. The normalized spacial score (nSPS) is 16.1. The fraction of sp³-hybridized carbons (Fsp3) is 0.444. The van der Waals surface area contributed by atoms with Gasteiger partial charge in [-0.15, -0.1) is 0 Å². The predicted octanol–water partition coefficient (Wildman–Crippen LogP) is 3.65. The van der Waals surface area contributed by atoms with Crippen molar-refractivity contribution in [3.63, 3.8) is 0 Å². The molecule has 0 bridgehead atoms. The molecule has 1 atom stereocenters. The summed E-state index contributed by atoms with van der Waals surface area (Å²) in [7, 11) is 0. The third-order valence-corrected chi connectivity index (χ3v) is 6.76. The number of amides is 1. The largest absolute Gasteiger partial charge is 0.380 e. The van der Waals surface area contributed by atoms with Crippen molar-refractivity contribution < 1.29 is 9.53 Å². The van der Waals surface area contributed by atoms with Gasteiger partial charge in [0.15, 0.2) is 0 Å². The Morgan fingerprint density at radius 1 is 1.17 bits per heavy atom. The summed E-state index contributed by atoms with van der Waals surface area (Å²) < 4.78 is 6.89. The Hall–Kier alpha value is -2.74. The average molecular weight is 497 g/mol. The summed E-state index contributed by atoms with van der Waals surface area (Å²) in [6.07, 6.45) is 3.09. The third kappa shape index (κ3) is 6.69. The lowest BCUT2D eigenvalue weighted by Gasteiger charge is -2.25. The van der Waals surface area contributed by atoms with Crippen LogP contribution in [-0.2, 0) is 22.5 Å². The van der Waals surface area contributed by atoms with Crippen LogP contribution in [0.4, 0.5) is 0 Å². The molecule has 1 N–H and O–H groups in total.